The number of hydrogen-bond acceptors (Lipinski definition) is 4. The van der Waals surface area contributed by atoms with Crippen LogP contribution in [0, 0.1) is 5.92 Å². The molecule has 3 nitrogen and oxygen atoms in total. The van der Waals surface area contributed by atoms with Crippen LogP contribution in [-0.2, 0) is 9.53 Å². The Bertz CT molecular complexity index is 617. The van der Waals surface area contributed by atoms with Gasteiger partial charge in [0.05, 0.1) is 5.57 Å². The number of ether oxygens (including phenoxy) is 1. The van der Waals surface area contributed by atoms with Crippen molar-refractivity contribution in [3.05, 3.63) is 47.2 Å². The summed E-state index contributed by atoms with van der Waals surface area (Å²) >= 11 is 1.81. The van der Waals surface area contributed by atoms with Crippen LogP contribution in [0.3, 0.4) is 0 Å². The van der Waals surface area contributed by atoms with Crippen LogP contribution in [0.5, 0.6) is 0 Å². The summed E-state index contributed by atoms with van der Waals surface area (Å²) in [6.45, 7) is 4.16. The molecule has 24 heavy (non-hydrogen) atoms. The van der Waals surface area contributed by atoms with Crippen molar-refractivity contribution >= 4 is 17.7 Å². The number of carbonyl (C=O) groups is 1. The highest BCUT2D eigenvalue weighted by molar-refractivity contribution is 7.99. The monoisotopic (exact) mass is 346 g/mol. The second-order valence-corrected chi connectivity index (χ2v) is 8.20. The third-order valence-corrected chi connectivity index (χ3v) is 6.61. The molecular formula is C20H26O3S. The predicted octanol–water partition coefficient (Wildman–Crippen LogP) is 5.19. The van der Waals surface area contributed by atoms with E-state index in [-0.39, 0.29) is 22.9 Å². The minimum Gasteiger partial charge on any atom is -0.507 e. The Hall–Kier alpha value is -1.42. The van der Waals surface area contributed by atoms with E-state index < -0.39 is 5.60 Å². The minimum atomic E-state index is -0.739. The van der Waals surface area contributed by atoms with Crippen LogP contribution in [0.2, 0.25) is 0 Å². The zero-order valence-corrected chi connectivity index (χ0v) is 15.3. The summed E-state index contributed by atoms with van der Waals surface area (Å²) in [5, 5.41) is 11.0. The maximum Gasteiger partial charge on any atom is 0.338 e. The summed E-state index contributed by atoms with van der Waals surface area (Å²) in [6, 6.07) is 10.2. The summed E-state index contributed by atoms with van der Waals surface area (Å²) in [6.07, 6.45) is 4.65. The Morgan fingerprint density at radius 1 is 1.21 bits per heavy atom. The first kappa shape index (κ1) is 17.4. The van der Waals surface area contributed by atoms with Crippen LogP contribution in [0.4, 0.5) is 0 Å². The molecule has 2 atom stereocenters. The second-order valence-electron chi connectivity index (χ2n) is 6.78. The number of esters is 1. The molecule has 1 aliphatic carbocycles. The van der Waals surface area contributed by atoms with Crippen LogP contribution in [0.15, 0.2) is 41.7 Å². The van der Waals surface area contributed by atoms with Crippen molar-refractivity contribution in [2.45, 2.75) is 56.8 Å². The van der Waals surface area contributed by atoms with Crippen molar-refractivity contribution in [1.29, 1.82) is 0 Å². The standard InChI is InChI=1S/C20H26O3S/c1-3-24-17(15-10-6-4-7-11-15)14(2)16-18(21)20(23-19(16)22)12-8-5-9-13-20/h4,6-7,10-11,14,17,21H,3,5,8-9,12-13H2,1-2H3/t14-,17+/m0/s1. The van der Waals surface area contributed by atoms with Gasteiger partial charge in [-0.2, -0.15) is 11.8 Å². The number of carbonyl (C=O) groups excluding carboxylic acids is 1. The van der Waals surface area contributed by atoms with Crippen molar-refractivity contribution in [2.75, 3.05) is 5.75 Å². The number of aliphatic hydroxyl groups is 1. The largest absolute Gasteiger partial charge is 0.507 e. The molecule has 0 aromatic heterocycles. The normalized spacial score (nSPS) is 22.5. The Labute approximate surface area is 148 Å². The molecular weight excluding hydrogens is 320 g/mol. The lowest BCUT2D eigenvalue weighted by Gasteiger charge is -2.31. The zero-order valence-electron chi connectivity index (χ0n) is 14.5. The van der Waals surface area contributed by atoms with E-state index in [4.69, 9.17) is 4.74 Å². The fourth-order valence-electron chi connectivity index (χ4n) is 3.99. The number of hydrogen-bond donors (Lipinski definition) is 1. The van der Waals surface area contributed by atoms with Gasteiger partial charge in [-0.05, 0) is 37.0 Å². The highest BCUT2D eigenvalue weighted by Crippen LogP contribution is 2.48. The van der Waals surface area contributed by atoms with Gasteiger partial charge < -0.3 is 9.84 Å². The predicted molar refractivity (Wildman–Crippen MR) is 98.0 cm³/mol. The number of benzene rings is 1. The maximum atomic E-state index is 12.6. The van der Waals surface area contributed by atoms with Crippen molar-refractivity contribution in [3.63, 3.8) is 0 Å². The molecule has 1 saturated carbocycles. The number of aliphatic hydroxyl groups excluding tert-OH is 1. The highest BCUT2D eigenvalue weighted by atomic mass is 32.2. The minimum absolute atomic E-state index is 0.0776. The lowest BCUT2D eigenvalue weighted by atomic mass is 9.81. The Morgan fingerprint density at radius 3 is 2.50 bits per heavy atom. The molecule has 130 valence electrons. The summed E-state index contributed by atoms with van der Waals surface area (Å²) in [5.74, 6) is 0.765. The fourth-order valence-corrected chi connectivity index (χ4v) is 5.12. The first-order valence-electron chi connectivity index (χ1n) is 8.92. The summed E-state index contributed by atoms with van der Waals surface area (Å²) in [5.41, 5.74) is 0.943. The Balaban J connectivity index is 1.94. The van der Waals surface area contributed by atoms with Crippen LogP contribution >= 0.6 is 11.8 Å². The molecule has 1 aromatic carbocycles. The molecule has 1 heterocycles. The topological polar surface area (TPSA) is 46.5 Å². The average molecular weight is 346 g/mol. The average Bonchev–Trinajstić information content (AvgIpc) is 2.83. The van der Waals surface area contributed by atoms with E-state index in [1.54, 1.807) is 0 Å². The van der Waals surface area contributed by atoms with Crippen molar-refractivity contribution < 1.29 is 14.6 Å². The van der Waals surface area contributed by atoms with E-state index in [1.807, 2.05) is 36.9 Å². The third kappa shape index (κ3) is 3.08. The van der Waals surface area contributed by atoms with Gasteiger partial charge in [-0.25, -0.2) is 4.79 Å². The molecule has 3 rings (SSSR count). The van der Waals surface area contributed by atoms with Gasteiger partial charge in [0.2, 0.25) is 0 Å². The van der Waals surface area contributed by atoms with Gasteiger partial charge in [0.25, 0.3) is 0 Å². The van der Waals surface area contributed by atoms with Crippen LogP contribution in [0.1, 0.15) is 56.8 Å². The molecule has 0 radical (unpaired) electrons. The van der Waals surface area contributed by atoms with Crippen LogP contribution in [0.25, 0.3) is 0 Å². The summed E-state index contributed by atoms with van der Waals surface area (Å²) < 4.78 is 5.73. The van der Waals surface area contributed by atoms with Gasteiger partial charge >= 0.3 is 5.97 Å². The Morgan fingerprint density at radius 2 is 1.88 bits per heavy atom. The maximum absolute atomic E-state index is 12.6. The third-order valence-electron chi connectivity index (χ3n) is 5.24. The van der Waals surface area contributed by atoms with E-state index >= 15 is 0 Å². The zero-order chi connectivity index (χ0) is 17.2. The van der Waals surface area contributed by atoms with E-state index in [0.29, 0.717) is 5.57 Å². The van der Waals surface area contributed by atoms with Crippen molar-refractivity contribution in [2.24, 2.45) is 5.92 Å². The lowest BCUT2D eigenvalue weighted by Crippen LogP contribution is -2.34. The molecule has 1 N–H and O–H groups in total. The first-order valence-corrected chi connectivity index (χ1v) is 9.97. The molecule has 1 spiro atoms. The molecule has 0 saturated heterocycles. The fraction of sp³-hybridized carbons (Fsp3) is 0.550. The molecule has 4 heteroatoms. The van der Waals surface area contributed by atoms with Crippen LogP contribution < -0.4 is 0 Å². The van der Waals surface area contributed by atoms with Gasteiger partial charge in [0, 0.05) is 11.2 Å². The van der Waals surface area contributed by atoms with Crippen LogP contribution in [-0.4, -0.2) is 22.4 Å². The number of thioether (sulfide) groups is 1. The quantitative estimate of drug-likeness (QED) is 0.745. The van der Waals surface area contributed by atoms with Gasteiger partial charge in [0.15, 0.2) is 5.60 Å². The van der Waals surface area contributed by atoms with E-state index in [0.717, 1.165) is 37.9 Å². The van der Waals surface area contributed by atoms with Gasteiger partial charge in [-0.1, -0.05) is 50.6 Å². The lowest BCUT2D eigenvalue weighted by molar-refractivity contribution is -0.151. The second kappa shape index (κ2) is 7.22. The Kier molecular flexibility index (Phi) is 5.24. The van der Waals surface area contributed by atoms with Gasteiger partial charge in [-0.3, -0.25) is 0 Å². The smallest absolute Gasteiger partial charge is 0.338 e. The summed E-state index contributed by atoms with van der Waals surface area (Å²) in [4.78, 5) is 12.6. The summed E-state index contributed by atoms with van der Waals surface area (Å²) in [7, 11) is 0. The molecule has 1 aromatic rings. The van der Waals surface area contributed by atoms with Crippen molar-refractivity contribution in [3.8, 4) is 0 Å². The van der Waals surface area contributed by atoms with Gasteiger partial charge in [0.1, 0.15) is 5.76 Å². The highest BCUT2D eigenvalue weighted by Gasteiger charge is 2.50. The van der Waals surface area contributed by atoms with E-state index in [2.05, 4.69) is 19.1 Å². The molecule has 0 amide bonds. The van der Waals surface area contributed by atoms with E-state index in [9.17, 15) is 9.90 Å². The van der Waals surface area contributed by atoms with Gasteiger partial charge in [-0.15, -0.1) is 0 Å². The van der Waals surface area contributed by atoms with Crippen molar-refractivity contribution in [1.82, 2.24) is 0 Å². The molecule has 2 aliphatic rings. The molecule has 0 unspecified atom stereocenters. The molecule has 0 bridgehead atoms. The molecule has 1 aliphatic heterocycles. The van der Waals surface area contributed by atoms with E-state index in [1.165, 1.54) is 5.56 Å². The SMILES string of the molecule is CCS[C@@H](c1ccccc1)[C@@H](C)C1=C(O)C2(CCCCC2)OC1=O. The first-order chi connectivity index (χ1) is 11.6. The molecule has 1 fully saturated rings. The number of rotatable bonds is 5.